The molecule has 25 heavy (non-hydrogen) atoms. The van der Waals surface area contributed by atoms with E-state index in [4.69, 9.17) is 0 Å². The number of rotatable bonds is 5. The zero-order valence-corrected chi connectivity index (χ0v) is 13.7. The smallest absolute Gasteiger partial charge is 0.388 e. The zero-order chi connectivity index (χ0) is 18.1. The number of aryl methyl sites for hydroxylation is 1. The number of nitrogens with zero attached hydrogens (tertiary/aromatic N) is 2. The Bertz CT molecular complexity index is 1020. The molecule has 2 aromatic heterocycles. The lowest BCUT2D eigenvalue weighted by Crippen LogP contribution is -2.18. The second kappa shape index (κ2) is 6.73. The Hall–Kier alpha value is -2.59. The number of benzene rings is 1. The van der Waals surface area contributed by atoms with E-state index in [0.717, 1.165) is 0 Å². The third-order valence-corrected chi connectivity index (χ3v) is 4.18. The Labute approximate surface area is 142 Å². The molecule has 2 heterocycles. The van der Waals surface area contributed by atoms with Gasteiger partial charge in [-0.1, -0.05) is 17.1 Å². The lowest BCUT2D eigenvalue weighted by Gasteiger charge is -2.13. The maximum atomic E-state index is 12.6. The van der Waals surface area contributed by atoms with Crippen LogP contribution in [0.1, 0.15) is 11.1 Å². The first-order chi connectivity index (χ1) is 11.9. The fourth-order valence-electron chi connectivity index (χ4n) is 2.53. The summed E-state index contributed by atoms with van der Waals surface area (Å²) >= 11 is -2.25. The average Bonchev–Trinajstić information content (AvgIpc) is 2.91. The summed E-state index contributed by atoms with van der Waals surface area (Å²) in [5, 5.41) is 6.21. The van der Waals surface area contributed by atoms with Crippen molar-refractivity contribution in [2.24, 2.45) is 0 Å². The maximum absolute atomic E-state index is 12.6. The molecule has 0 aliphatic heterocycles. The van der Waals surface area contributed by atoms with Gasteiger partial charge in [0.1, 0.15) is 5.52 Å². The van der Waals surface area contributed by atoms with Crippen molar-refractivity contribution in [3.05, 3.63) is 51.8 Å². The quantitative estimate of drug-likeness (QED) is 0.695. The van der Waals surface area contributed by atoms with Crippen molar-refractivity contribution >= 4 is 22.1 Å². The second-order valence-corrected chi connectivity index (χ2v) is 6.13. The van der Waals surface area contributed by atoms with Gasteiger partial charge in [0, 0.05) is 17.5 Å². The summed E-state index contributed by atoms with van der Waals surface area (Å²) in [4.78, 5) is 12.3. The van der Waals surface area contributed by atoms with E-state index in [0.29, 0.717) is 22.3 Å². The van der Waals surface area contributed by atoms with Gasteiger partial charge in [-0.25, -0.2) is 0 Å². The minimum absolute atomic E-state index is 0.0763. The van der Waals surface area contributed by atoms with E-state index < -0.39 is 29.1 Å². The van der Waals surface area contributed by atoms with E-state index in [1.165, 1.54) is 22.8 Å². The fourth-order valence-corrected chi connectivity index (χ4v) is 3.11. The molecule has 0 fully saturated rings. The Balaban J connectivity index is 2.19. The topological polar surface area (TPSA) is 100 Å². The third kappa shape index (κ3) is 3.44. The average molecular weight is 368 g/mol. The molecule has 7 nitrogen and oxygen atoms in total. The normalized spacial score (nSPS) is 12.7. The molecule has 0 spiro atoms. The number of alkyl halides is 2. The van der Waals surface area contributed by atoms with Crippen LogP contribution in [0.25, 0.3) is 16.7 Å². The van der Waals surface area contributed by atoms with Crippen LogP contribution in [-0.2, 0) is 16.8 Å². The number of H-pyrrole nitrogens is 1. The number of ether oxygens (including phenoxy) is 1. The molecule has 1 aromatic carbocycles. The van der Waals surface area contributed by atoms with Gasteiger partial charge in [-0.05, 0) is 36.2 Å². The van der Waals surface area contributed by atoms with Gasteiger partial charge in [0.05, 0.1) is 5.52 Å². The van der Waals surface area contributed by atoms with Gasteiger partial charge in [0.25, 0.3) is 11.4 Å². The number of aromatic amines is 1. The number of fused-ring (bicyclic) bond motifs is 1. The van der Waals surface area contributed by atoms with Crippen LogP contribution >= 0.6 is 0 Å². The van der Waals surface area contributed by atoms with Crippen LogP contribution in [0, 0.1) is 6.92 Å². The third-order valence-electron chi connectivity index (χ3n) is 3.63. The van der Waals surface area contributed by atoms with Crippen LogP contribution in [0.4, 0.5) is 8.78 Å². The molecule has 1 N–H and O–H groups in total. The molecule has 1 unspecified atom stereocenters. The van der Waals surface area contributed by atoms with Gasteiger partial charge in [-0.2, -0.15) is 8.78 Å². The number of pyridine rings is 1. The molecule has 3 rings (SSSR count). The number of halogens is 2. The highest BCUT2D eigenvalue weighted by atomic mass is 32.2. The fraction of sp³-hybridized carbons (Fsp3) is 0.200. The number of hydrogen-bond acceptors (Lipinski definition) is 5. The minimum atomic E-state index is -3.09. The first-order valence-corrected chi connectivity index (χ1v) is 8.32. The van der Waals surface area contributed by atoms with Gasteiger partial charge in [-0.3, -0.25) is 18.7 Å². The molecule has 0 bridgehead atoms. The summed E-state index contributed by atoms with van der Waals surface area (Å²) in [7, 11) is 0. The molecule has 0 aliphatic rings. The van der Waals surface area contributed by atoms with E-state index in [2.05, 4.69) is 14.9 Å². The first-order valence-electron chi connectivity index (χ1n) is 7.07. The van der Waals surface area contributed by atoms with Crippen molar-refractivity contribution in [2.75, 3.05) is 0 Å². The van der Waals surface area contributed by atoms with E-state index in [1.807, 2.05) is 0 Å². The standard InChI is InChI=1S/C15H13F2N3O4S/c1-8-6-10(3-2-9(8)7-25(22)23)20-12(21)5-4-11-13(20)14(19-18-11)24-15(16)17/h2-6,15H,7H2,1H3,(H,18,19)(H,22,23)/p-1. The van der Waals surface area contributed by atoms with Crippen molar-refractivity contribution in [1.29, 1.82) is 0 Å². The lowest BCUT2D eigenvalue weighted by molar-refractivity contribution is -0.0520. The van der Waals surface area contributed by atoms with E-state index in [-0.39, 0.29) is 11.3 Å². The Morgan fingerprint density at radius 2 is 2.12 bits per heavy atom. The van der Waals surface area contributed by atoms with Gasteiger partial charge >= 0.3 is 6.61 Å². The number of nitrogens with one attached hydrogen (secondary N) is 1. The summed E-state index contributed by atoms with van der Waals surface area (Å²) in [6.45, 7) is -1.39. The predicted octanol–water partition coefficient (Wildman–Crippen LogP) is 2.00. The van der Waals surface area contributed by atoms with Crippen molar-refractivity contribution in [3.63, 3.8) is 0 Å². The summed E-state index contributed by atoms with van der Waals surface area (Å²) in [5.41, 5.74) is 1.56. The summed E-state index contributed by atoms with van der Waals surface area (Å²) in [6, 6.07) is 7.39. The summed E-state index contributed by atoms with van der Waals surface area (Å²) in [5.74, 6) is -0.554. The van der Waals surface area contributed by atoms with E-state index in [1.54, 1.807) is 19.1 Å². The molecular formula is C15H12F2N3O4S-. The van der Waals surface area contributed by atoms with Crippen LogP contribution in [0.3, 0.4) is 0 Å². The SMILES string of the molecule is Cc1cc(-n2c(=O)ccc3[nH]nc(OC(F)F)c32)ccc1CS(=O)[O-]. The molecular weight excluding hydrogens is 356 g/mol. The van der Waals surface area contributed by atoms with Gasteiger partial charge < -0.3 is 9.29 Å². The van der Waals surface area contributed by atoms with Crippen molar-refractivity contribution in [2.45, 2.75) is 19.3 Å². The number of aromatic nitrogens is 3. The largest absolute Gasteiger partial charge is 0.772 e. The minimum Gasteiger partial charge on any atom is -0.772 e. The van der Waals surface area contributed by atoms with Gasteiger partial charge in [-0.15, -0.1) is 5.10 Å². The molecule has 0 saturated carbocycles. The van der Waals surface area contributed by atoms with Crippen LogP contribution in [0.2, 0.25) is 0 Å². The maximum Gasteiger partial charge on any atom is 0.388 e. The van der Waals surface area contributed by atoms with E-state index in [9.17, 15) is 22.3 Å². The second-order valence-electron chi connectivity index (χ2n) is 5.24. The molecule has 132 valence electrons. The van der Waals surface area contributed by atoms with Crippen molar-refractivity contribution < 1.29 is 22.3 Å². The summed E-state index contributed by atoms with van der Waals surface area (Å²) in [6.07, 6.45) is 0. The van der Waals surface area contributed by atoms with Crippen molar-refractivity contribution in [1.82, 2.24) is 14.8 Å². The van der Waals surface area contributed by atoms with Crippen LogP contribution in [-0.4, -0.2) is 30.1 Å². The molecule has 0 amide bonds. The van der Waals surface area contributed by atoms with Crippen LogP contribution in [0.15, 0.2) is 35.1 Å². The van der Waals surface area contributed by atoms with Crippen LogP contribution < -0.4 is 10.3 Å². The molecule has 3 aromatic rings. The molecule has 0 saturated heterocycles. The van der Waals surface area contributed by atoms with Crippen molar-refractivity contribution in [3.8, 4) is 11.6 Å². The predicted molar refractivity (Wildman–Crippen MR) is 85.7 cm³/mol. The number of hydrogen-bond donors (Lipinski definition) is 1. The monoisotopic (exact) mass is 368 g/mol. The first kappa shape index (κ1) is 17.2. The van der Waals surface area contributed by atoms with E-state index >= 15 is 0 Å². The Morgan fingerprint density at radius 1 is 1.36 bits per heavy atom. The highest BCUT2D eigenvalue weighted by molar-refractivity contribution is 7.78. The van der Waals surface area contributed by atoms with Crippen LogP contribution in [0.5, 0.6) is 5.88 Å². The summed E-state index contributed by atoms with van der Waals surface area (Å²) < 4.78 is 52.4. The molecule has 0 aliphatic carbocycles. The molecule has 1 atom stereocenters. The zero-order valence-electron chi connectivity index (χ0n) is 12.9. The highest BCUT2D eigenvalue weighted by Gasteiger charge is 2.17. The van der Waals surface area contributed by atoms with Gasteiger partial charge in [0.15, 0.2) is 0 Å². The molecule has 10 heteroatoms. The Morgan fingerprint density at radius 3 is 2.76 bits per heavy atom. The Kier molecular flexibility index (Phi) is 4.64. The highest BCUT2D eigenvalue weighted by Crippen LogP contribution is 2.26. The lowest BCUT2D eigenvalue weighted by atomic mass is 10.1. The van der Waals surface area contributed by atoms with Gasteiger partial charge in [0.2, 0.25) is 0 Å². The molecule has 0 radical (unpaired) electrons.